The van der Waals surface area contributed by atoms with Crippen LogP contribution in [0.4, 0.5) is 0 Å². The number of ether oxygens (including phenoxy) is 2. The van der Waals surface area contributed by atoms with Gasteiger partial charge in [0.05, 0.1) is 13.2 Å². The molecule has 0 rings (SSSR count). The summed E-state index contributed by atoms with van der Waals surface area (Å²) >= 11 is 0. The van der Waals surface area contributed by atoms with Crippen LogP contribution in [-0.4, -0.2) is 85.6 Å². The van der Waals surface area contributed by atoms with Gasteiger partial charge in [0.15, 0.2) is 0 Å². The second-order valence-corrected chi connectivity index (χ2v) is 5.61. The average molecular weight is 398 g/mol. The van der Waals surface area contributed by atoms with Crippen molar-refractivity contribution in [3.63, 3.8) is 0 Å². The molecule has 0 aliphatic heterocycles. The summed E-state index contributed by atoms with van der Waals surface area (Å²) in [6.45, 7) is 0.583. The van der Waals surface area contributed by atoms with Gasteiger partial charge in [0.2, 0.25) is 0 Å². The van der Waals surface area contributed by atoms with Crippen molar-refractivity contribution in [1.82, 2.24) is 9.80 Å². The number of likely N-dealkylation sites (N-methyl/N-ethyl adjacent to an activating group) is 2. The number of carbonyl (C=O) groups is 2. The number of rotatable bonds is 13. The molecule has 28 heavy (non-hydrogen) atoms. The van der Waals surface area contributed by atoms with E-state index in [1.807, 2.05) is 0 Å². The summed E-state index contributed by atoms with van der Waals surface area (Å²) in [5.41, 5.74) is 10.9. The molecule has 10 heteroatoms. The zero-order valence-electron chi connectivity index (χ0n) is 16.3. The SMILES string of the molecule is CN(/C=C/C=C(\N)C(=O)OCCOC(=O)/C(N)=C/C=C/N(C)CCO)CCO. The van der Waals surface area contributed by atoms with E-state index in [-0.39, 0.29) is 37.8 Å². The van der Waals surface area contributed by atoms with Gasteiger partial charge in [-0.2, -0.15) is 0 Å². The molecule has 0 saturated heterocycles. The lowest BCUT2D eigenvalue weighted by atomic mass is 10.4. The smallest absolute Gasteiger partial charge is 0.354 e. The Hall–Kier alpha value is -2.98. The third kappa shape index (κ3) is 12.4. The maximum Gasteiger partial charge on any atom is 0.354 e. The molecule has 0 saturated carbocycles. The van der Waals surface area contributed by atoms with Gasteiger partial charge in [-0.05, 0) is 36.7 Å². The Morgan fingerprint density at radius 1 is 0.821 bits per heavy atom. The minimum absolute atomic E-state index is 0.0115. The van der Waals surface area contributed by atoms with Crippen molar-refractivity contribution in [3.05, 3.63) is 48.1 Å². The summed E-state index contributed by atoms with van der Waals surface area (Å²) in [7, 11) is 3.51. The van der Waals surface area contributed by atoms with E-state index in [0.717, 1.165) is 0 Å². The predicted molar refractivity (Wildman–Crippen MR) is 104 cm³/mol. The highest BCUT2D eigenvalue weighted by Crippen LogP contribution is 1.95. The average Bonchev–Trinajstić information content (AvgIpc) is 2.65. The van der Waals surface area contributed by atoms with E-state index in [4.69, 9.17) is 31.2 Å². The highest BCUT2D eigenvalue weighted by atomic mass is 16.6. The van der Waals surface area contributed by atoms with Crippen molar-refractivity contribution in [1.29, 1.82) is 0 Å². The molecule has 0 unspecified atom stereocenters. The van der Waals surface area contributed by atoms with E-state index in [1.165, 1.54) is 12.2 Å². The third-order valence-corrected chi connectivity index (χ3v) is 3.16. The quantitative estimate of drug-likeness (QED) is 0.127. The van der Waals surface area contributed by atoms with E-state index in [2.05, 4.69) is 0 Å². The Morgan fingerprint density at radius 2 is 1.18 bits per heavy atom. The fourth-order valence-corrected chi connectivity index (χ4v) is 1.62. The molecule has 0 amide bonds. The third-order valence-electron chi connectivity index (χ3n) is 3.16. The molecular formula is C18H30N4O6. The molecule has 0 aromatic rings. The van der Waals surface area contributed by atoms with Crippen LogP contribution in [0.5, 0.6) is 0 Å². The molecule has 0 radical (unpaired) electrons. The number of aliphatic hydroxyl groups excluding tert-OH is 2. The molecule has 10 nitrogen and oxygen atoms in total. The number of hydrogen-bond donors (Lipinski definition) is 4. The number of allylic oxidation sites excluding steroid dienone is 4. The number of carbonyl (C=O) groups excluding carboxylic acids is 2. The van der Waals surface area contributed by atoms with Crippen LogP contribution in [0.1, 0.15) is 0 Å². The van der Waals surface area contributed by atoms with Crippen molar-refractivity contribution in [2.75, 3.05) is 53.6 Å². The lowest BCUT2D eigenvalue weighted by Crippen LogP contribution is -2.21. The molecule has 0 spiro atoms. The first kappa shape index (κ1) is 25.0. The Kier molecular flexibility index (Phi) is 13.5. The van der Waals surface area contributed by atoms with E-state index < -0.39 is 11.9 Å². The maximum absolute atomic E-state index is 11.7. The van der Waals surface area contributed by atoms with E-state index in [0.29, 0.717) is 13.1 Å². The lowest BCUT2D eigenvalue weighted by Gasteiger charge is -2.10. The molecule has 0 aromatic carbocycles. The molecule has 6 N–H and O–H groups in total. The summed E-state index contributed by atoms with van der Waals surface area (Å²) < 4.78 is 9.75. The Labute approximate surface area is 165 Å². The van der Waals surface area contributed by atoms with E-state index in [1.54, 1.807) is 48.4 Å². The van der Waals surface area contributed by atoms with Crippen molar-refractivity contribution in [3.8, 4) is 0 Å². The summed E-state index contributed by atoms with van der Waals surface area (Å²) in [5, 5.41) is 17.5. The minimum atomic E-state index is -0.746. The molecule has 0 aromatic heterocycles. The molecule has 0 atom stereocenters. The molecule has 0 heterocycles. The van der Waals surface area contributed by atoms with Crippen LogP contribution in [0.25, 0.3) is 0 Å². The number of aliphatic hydroxyl groups is 2. The Morgan fingerprint density at radius 3 is 1.50 bits per heavy atom. The van der Waals surface area contributed by atoms with Crippen LogP contribution in [0.3, 0.4) is 0 Å². The number of nitrogens with two attached hydrogens (primary N) is 2. The summed E-state index contributed by atoms with van der Waals surface area (Å²) in [5.74, 6) is -1.49. The molecule has 158 valence electrons. The van der Waals surface area contributed by atoms with Crippen LogP contribution >= 0.6 is 0 Å². The second-order valence-electron chi connectivity index (χ2n) is 5.61. The molecule has 0 aliphatic rings. The lowest BCUT2D eigenvalue weighted by molar-refractivity contribution is -0.147. The second kappa shape index (κ2) is 15.1. The van der Waals surface area contributed by atoms with Gasteiger partial charge in [0.25, 0.3) is 0 Å². The van der Waals surface area contributed by atoms with Crippen LogP contribution < -0.4 is 11.5 Å². The summed E-state index contributed by atoms with van der Waals surface area (Å²) in [6.07, 6.45) is 9.10. The van der Waals surface area contributed by atoms with Crippen molar-refractivity contribution >= 4 is 11.9 Å². The molecule has 0 aliphatic carbocycles. The highest BCUT2D eigenvalue weighted by molar-refractivity contribution is 5.88. The summed E-state index contributed by atoms with van der Waals surface area (Å²) in [4.78, 5) is 26.8. The van der Waals surface area contributed by atoms with Gasteiger partial charge < -0.3 is 41.0 Å². The molecule has 0 fully saturated rings. The Balaban J connectivity index is 4.22. The zero-order chi connectivity index (χ0) is 21.4. The summed E-state index contributed by atoms with van der Waals surface area (Å²) in [6, 6.07) is 0. The van der Waals surface area contributed by atoms with Crippen LogP contribution in [0.15, 0.2) is 48.1 Å². The van der Waals surface area contributed by atoms with Crippen LogP contribution in [0, 0.1) is 0 Å². The number of nitrogens with zero attached hydrogens (tertiary/aromatic N) is 2. The van der Waals surface area contributed by atoms with Crippen molar-refractivity contribution < 1.29 is 29.3 Å². The number of hydrogen-bond acceptors (Lipinski definition) is 10. The highest BCUT2D eigenvalue weighted by Gasteiger charge is 2.08. The first-order chi connectivity index (χ1) is 13.3. The maximum atomic E-state index is 11.7. The van der Waals surface area contributed by atoms with Gasteiger partial charge in [-0.15, -0.1) is 0 Å². The van der Waals surface area contributed by atoms with E-state index in [9.17, 15) is 9.59 Å². The fourth-order valence-electron chi connectivity index (χ4n) is 1.62. The standard InChI is InChI=1S/C18H30N4O6/c1-21(9-11-23)7-3-5-15(19)17(25)27-13-14-28-18(26)16(20)6-4-8-22(2)10-12-24/h3-8,23-24H,9-14,19-20H2,1-2H3/b7-3+,8-4+,15-5-,16-6-. The largest absolute Gasteiger partial charge is 0.457 e. The van der Waals surface area contributed by atoms with Gasteiger partial charge in [-0.3, -0.25) is 0 Å². The van der Waals surface area contributed by atoms with Crippen LogP contribution in [0.2, 0.25) is 0 Å². The van der Waals surface area contributed by atoms with Crippen LogP contribution in [-0.2, 0) is 19.1 Å². The topological polar surface area (TPSA) is 152 Å². The number of esters is 2. The Bertz CT molecular complexity index is 549. The normalized spacial score (nSPS) is 12.4. The monoisotopic (exact) mass is 398 g/mol. The van der Waals surface area contributed by atoms with E-state index >= 15 is 0 Å². The molecular weight excluding hydrogens is 368 g/mol. The van der Waals surface area contributed by atoms with Crippen molar-refractivity contribution in [2.24, 2.45) is 11.5 Å². The zero-order valence-corrected chi connectivity index (χ0v) is 16.3. The van der Waals surface area contributed by atoms with Gasteiger partial charge in [-0.1, -0.05) is 0 Å². The van der Waals surface area contributed by atoms with Gasteiger partial charge in [0, 0.05) is 27.2 Å². The molecule has 0 bridgehead atoms. The minimum Gasteiger partial charge on any atom is -0.457 e. The first-order valence-corrected chi connectivity index (χ1v) is 8.56. The first-order valence-electron chi connectivity index (χ1n) is 8.56. The van der Waals surface area contributed by atoms with Gasteiger partial charge in [-0.25, -0.2) is 9.59 Å². The van der Waals surface area contributed by atoms with Crippen molar-refractivity contribution in [2.45, 2.75) is 0 Å². The predicted octanol–water partition coefficient (Wildman–Crippen LogP) is -1.37. The van der Waals surface area contributed by atoms with Gasteiger partial charge >= 0.3 is 11.9 Å². The fraction of sp³-hybridized carbons (Fsp3) is 0.444. The van der Waals surface area contributed by atoms with Gasteiger partial charge in [0.1, 0.15) is 24.6 Å².